The molecule has 0 aliphatic carbocycles. The number of nitrogens with one attached hydrogen (secondary N) is 1. The van der Waals surface area contributed by atoms with Crippen molar-refractivity contribution in [1.82, 2.24) is 15.0 Å². The Morgan fingerprint density at radius 3 is 2.43 bits per heavy atom. The van der Waals surface area contributed by atoms with Gasteiger partial charge in [0, 0.05) is 23.5 Å². The van der Waals surface area contributed by atoms with E-state index in [2.05, 4.69) is 20.1 Å². The number of pyridine rings is 1. The maximum atomic E-state index is 13.1. The number of hydrogen-bond donors (Lipinski definition) is 2. The molecule has 0 atom stereocenters. The minimum Gasteiger partial charge on any atom is -0.411 e. The smallest absolute Gasteiger partial charge is 0.153 e. The summed E-state index contributed by atoms with van der Waals surface area (Å²) < 4.78 is 13.1. The van der Waals surface area contributed by atoms with E-state index in [0.717, 1.165) is 16.8 Å². The highest BCUT2D eigenvalue weighted by Gasteiger charge is 2.13. The first-order chi connectivity index (χ1) is 10.3. The first-order valence-corrected chi connectivity index (χ1v) is 6.21. The molecule has 3 aromatic rings. The van der Waals surface area contributed by atoms with Crippen molar-refractivity contribution in [2.45, 2.75) is 0 Å². The van der Waals surface area contributed by atoms with Crippen LogP contribution in [0.5, 0.6) is 0 Å². The molecule has 0 bridgehead atoms. The summed E-state index contributed by atoms with van der Waals surface area (Å²) >= 11 is 0. The Labute approximate surface area is 119 Å². The third kappa shape index (κ3) is 2.64. The topological polar surface area (TPSA) is 74.2 Å². The number of nitrogens with zero attached hydrogens (tertiary/aromatic N) is 3. The minimum absolute atomic E-state index is 0.308. The molecule has 2 N–H and O–H groups in total. The van der Waals surface area contributed by atoms with Crippen LogP contribution in [0.2, 0.25) is 0 Å². The van der Waals surface area contributed by atoms with Gasteiger partial charge in [-0.15, -0.1) is 0 Å². The monoisotopic (exact) mass is 282 g/mol. The summed E-state index contributed by atoms with van der Waals surface area (Å²) in [5.41, 5.74) is 3.04. The van der Waals surface area contributed by atoms with Gasteiger partial charge in [0.2, 0.25) is 0 Å². The van der Waals surface area contributed by atoms with E-state index in [-0.39, 0.29) is 5.82 Å². The molecule has 2 aromatic heterocycles. The van der Waals surface area contributed by atoms with E-state index < -0.39 is 0 Å². The fraction of sp³-hybridized carbons (Fsp3) is 0. The zero-order chi connectivity index (χ0) is 14.7. The van der Waals surface area contributed by atoms with Gasteiger partial charge in [-0.05, 0) is 36.4 Å². The summed E-state index contributed by atoms with van der Waals surface area (Å²) in [4.78, 5) is 11.4. The van der Waals surface area contributed by atoms with E-state index in [1.54, 1.807) is 24.5 Å². The van der Waals surface area contributed by atoms with Gasteiger partial charge in [-0.25, -0.2) is 9.37 Å². The van der Waals surface area contributed by atoms with E-state index >= 15 is 0 Å². The van der Waals surface area contributed by atoms with Gasteiger partial charge in [-0.2, -0.15) is 0 Å². The van der Waals surface area contributed by atoms with Gasteiger partial charge in [0.15, 0.2) is 5.82 Å². The van der Waals surface area contributed by atoms with E-state index in [0.29, 0.717) is 11.5 Å². The number of rotatable bonds is 3. The van der Waals surface area contributed by atoms with Crippen molar-refractivity contribution < 1.29 is 9.60 Å². The molecule has 0 radical (unpaired) electrons. The van der Waals surface area contributed by atoms with Crippen LogP contribution in [0.4, 0.5) is 4.39 Å². The van der Waals surface area contributed by atoms with E-state index in [1.165, 1.54) is 18.3 Å². The molecular formula is C15H11FN4O. The Morgan fingerprint density at radius 1 is 1.05 bits per heavy atom. The Kier molecular flexibility index (Phi) is 3.42. The third-order valence-electron chi connectivity index (χ3n) is 2.99. The van der Waals surface area contributed by atoms with Crippen molar-refractivity contribution in [3.8, 4) is 22.5 Å². The SMILES string of the molecule is O/N=C/c1nc(-c2ccc(F)cc2)c(-c2ccncc2)[nH]1. The van der Waals surface area contributed by atoms with Crippen LogP contribution in [0.15, 0.2) is 53.9 Å². The second-order valence-electron chi connectivity index (χ2n) is 4.33. The highest BCUT2D eigenvalue weighted by Crippen LogP contribution is 2.29. The summed E-state index contributed by atoms with van der Waals surface area (Å²) in [5.74, 6) is 0.0977. The zero-order valence-electron chi connectivity index (χ0n) is 10.9. The molecule has 104 valence electrons. The second-order valence-corrected chi connectivity index (χ2v) is 4.33. The highest BCUT2D eigenvalue weighted by molar-refractivity contribution is 5.84. The fourth-order valence-corrected chi connectivity index (χ4v) is 2.05. The largest absolute Gasteiger partial charge is 0.411 e. The first-order valence-electron chi connectivity index (χ1n) is 6.21. The molecular weight excluding hydrogens is 271 g/mol. The molecule has 0 fully saturated rings. The van der Waals surface area contributed by atoms with Gasteiger partial charge in [0.05, 0.1) is 11.4 Å². The van der Waals surface area contributed by atoms with Crippen molar-refractivity contribution in [2.75, 3.05) is 0 Å². The highest BCUT2D eigenvalue weighted by atomic mass is 19.1. The number of hydrogen-bond acceptors (Lipinski definition) is 4. The molecule has 0 aliphatic heterocycles. The number of benzene rings is 1. The fourth-order valence-electron chi connectivity index (χ4n) is 2.05. The number of aromatic amines is 1. The molecule has 0 saturated carbocycles. The second kappa shape index (κ2) is 5.54. The van der Waals surface area contributed by atoms with Crippen LogP contribution in [0.1, 0.15) is 5.82 Å². The van der Waals surface area contributed by atoms with Crippen LogP contribution in [0, 0.1) is 5.82 Å². The lowest BCUT2D eigenvalue weighted by Gasteiger charge is -2.02. The molecule has 3 rings (SSSR count). The van der Waals surface area contributed by atoms with E-state index in [1.807, 2.05) is 12.1 Å². The number of halogens is 1. The first kappa shape index (κ1) is 13.0. The molecule has 0 amide bonds. The molecule has 5 nitrogen and oxygen atoms in total. The van der Waals surface area contributed by atoms with Crippen LogP contribution in [-0.2, 0) is 0 Å². The Balaban J connectivity index is 2.16. The Hall–Kier alpha value is -3.02. The van der Waals surface area contributed by atoms with E-state index in [4.69, 9.17) is 5.21 Å². The van der Waals surface area contributed by atoms with Gasteiger partial charge < -0.3 is 10.2 Å². The van der Waals surface area contributed by atoms with Crippen LogP contribution in [0.3, 0.4) is 0 Å². The normalized spacial score (nSPS) is 11.1. The predicted molar refractivity (Wildman–Crippen MR) is 76.6 cm³/mol. The van der Waals surface area contributed by atoms with E-state index in [9.17, 15) is 4.39 Å². The lowest BCUT2D eigenvalue weighted by atomic mass is 10.1. The molecule has 6 heteroatoms. The Bertz CT molecular complexity index is 766. The maximum absolute atomic E-state index is 13.1. The average Bonchev–Trinajstić information content (AvgIpc) is 2.93. The van der Waals surface area contributed by atoms with Gasteiger partial charge >= 0.3 is 0 Å². The van der Waals surface area contributed by atoms with Crippen molar-refractivity contribution >= 4 is 6.21 Å². The quantitative estimate of drug-likeness (QED) is 0.440. The maximum Gasteiger partial charge on any atom is 0.153 e. The minimum atomic E-state index is -0.308. The Morgan fingerprint density at radius 2 is 1.76 bits per heavy atom. The van der Waals surface area contributed by atoms with Crippen molar-refractivity contribution in [3.63, 3.8) is 0 Å². The van der Waals surface area contributed by atoms with Crippen LogP contribution in [0.25, 0.3) is 22.5 Å². The molecule has 21 heavy (non-hydrogen) atoms. The molecule has 0 spiro atoms. The van der Waals surface area contributed by atoms with Gasteiger partial charge in [-0.3, -0.25) is 4.98 Å². The number of imidazole rings is 1. The standard InChI is InChI=1S/C15H11FN4O/c16-12-3-1-10(2-4-12)14-15(11-5-7-17-8-6-11)20-13(19-14)9-18-21/h1-9,21H,(H,19,20)/b18-9+. The van der Waals surface area contributed by atoms with Crippen molar-refractivity contribution in [1.29, 1.82) is 0 Å². The summed E-state index contributed by atoms with van der Waals surface area (Å²) in [5, 5.41) is 11.6. The molecule has 0 saturated heterocycles. The molecule has 0 unspecified atom stereocenters. The number of oxime groups is 1. The summed E-state index contributed by atoms with van der Waals surface area (Å²) in [6.07, 6.45) is 4.55. The van der Waals surface area contributed by atoms with Crippen molar-refractivity contribution in [3.05, 3.63) is 60.4 Å². The average molecular weight is 282 g/mol. The molecule has 2 heterocycles. The van der Waals surface area contributed by atoms with Gasteiger partial charge in [0.1, 0.15) is 12.0 Å². The van der Waals surface area contributed by atoms with Crippen LogP contribution in [-0.4, -0.2) is 26.4 Å². The predicted octanol–water partition coefficient (Wildman–Crippen LogP) is 3.09. The summed E-state index contributed by atoms with van der Waals surface area (Å²) in [6, 6.07) is 9.72. The number of H-pyrrole nitrogens is 1. The molecule has 1 aromatic carbocycles. The summed E-state index contributed by atoms with van der Waals surface area (Å²) in [7, 11) is 0. The van der Waals surface area contributed by atoms with Crippen LogP contribution >= 0.6 is 0 Å². The van der Waals surface area contributed by atoms with Gasteiger partial charge in [-0.1, -0.05) is 5.16 Å². The number of aromatic nitrogens is 3. The lowest BCUT2D eigenvalue weighted by molar-refractivity contribution is 0.321. The van der Waals surface area contributed by atoms with Crippen LogP contribution < -0.4 is 0 Å². The van der Waals surface area contributed by atoms with Crippen molar-refractivity contribution in [2.24, 2.45) is 5.16 Å². The van der Waals surface area contributed by atoms with Gasteiger partial charge in [0.25, 0.3) is 0 Å². The summed E-state index contributed by atoms with van der Waals surface area (Å²) in [6.45, 7) is 0. The lowest BCUT2D eigenvalue weighted by Crippen LogP contribution is -1.84. The molecule has 0 aliphatic rings. The third-order valence-corrected chi connectivity index (χ3v) is 2.99. The zero-order valence-corrected chi connectivity index (χ0v) is 10.9.